The van der Waals surface area contributed by atoms with Gasteiger partial charge in [-0.15, -0.1) is 0 Å². The fourth-order valence-corrected chi connectivity index (χ4v) is 1.72. The minimum absolute atomic E-state index is 0.0497. The lowest BCUT2D eigenvalue weighted by molar-refractivity contribution is -0.116. The van der Waals surface area contributed by atoms with Gasteiger partial charge in [0.1, 0.15) is 0 Å². The van der Waals surface area contributed by atoms with Gasteiger partial charge in [0.2, 0.25) is 5.91 Å². The molecule has 1 heterocycles. The number of anilines is 1. The van der Waals surface area contributed by atoms with Crippen LogP contribution in [0.1, 0.15) is 12.0 Å². The van der Waals surface area contributed by atoms with Crippen LogP contribution in [-0.4, -0.2) is 16.1 Å². The maximum atomic E-state index is 11.6. The third-order valence-electron chi connectivity index (χ3n) is 2.36. The number of hydrogen-bond donors (Lipinski definition) is 2. The lowest BCUT2D eigenvalue weighted by Crippen LogP contribution is -2.11. The Balaban J connectivity index is 1.86. The molecular formula is C12H12ClN3O. The first-order chi connectivity index (χ1) is 8.25. The van der Waals surface area contributed by atoms with Gasteiger partial charge in [0, 0.05) is 17.6 Å². The predicted molar refractivity (Wildman–Crippen MR) is 67.0 cm³/mol. The van der Waals surface area contributed by atoms with Gasteiger partial charge in [-0.2, -0.15) is 5.10 Å². The van der Waals surface area contributed by atoms with Crippen LogP contribution < -0.4 is 5.32 Å². The molecule has 88 valence electrons. The van der Waals surface area contributed by atoms with E-state index in [1.165, 1.54) is 0 Å². The number of carbonyl (C=O) groups excluding carboxylic acids is 1. The van der Waals surface area contributed by atoms with E-state index in [0.29, 0.717) is 23.6 Å². The summed E-state index contributed by atoms with van der Waals surface area (Å²) in [6, 6.07) is 7.53. The number of hydrogen-bond acceptors (Lipinski definition) is 2. The summed E-state index contributed by atoms with van der Waals surface area (Å²) in [6.07, 6.45) is 4.22. The summed E-state index contributed by atoms with van der Waals surface area (Å²) in [5.74, 6) is -0.0497. The van der Waals surface area contributed by atoms with Crippen molar-refractivity contribution in [3.8, 4) is 0 Å². The minimum Gasteiger partial charge on any atom is -0.323 e. The van der Waals surface area contributed by atoms with Crippen molar-refractivity contribution < 1.29 is 4.79 Å². The third-order valence-corrected chi connectivity index (χ3v) is 2.73. The van der Waals surface area contributed by atoms with E-state index in [-0.39, 0.29) is 5.91 Å². The summed E-state index contributed by atoms with van der Waals surface area (Å²) in [7, 11) is 0. The lowest BCUT2D eigenvalue weighted by Gasteiger charge is -2.04. The molecule has 0 spiro atoms. The van der Waals surface area contributed by atoms with Crippen LogP contribution >= 0.6 is 11.6 Å². The van der Waals surface area contributed by atoms with E-state index in [0.717, 1.165) is 5.56 Å². The van der Waals surface area contributed by atoms with Crippen LogP contribution in [0.5, 0.6) is 0 Å². The predicted octanol–water partition coefficient (Wildman–Crippen LogP) is 2.63. The first-order valence-electron chi connectivity index (χ1n) is 5.28. The quantitative estimate of drug-likeness (QED) is 0.875. The van der Waals surface area contributed by atoms with E-state index in [9.17, 15) is 4.79 Å². The number of benzene rings is 1. The van der Waals surface area contributed by atoms with Crippen molar-refractivity contribution in [2.45, 2.75) is 12.8 Å². The van der Waals surface area contributed by atoms with Crippen LogP contribution in [0.2, 0.25) is 5.02 Å². The van der Waals surface area contributed by atoms with E-state index in [4.69, 9.17) is 11.6 Å². The molecule has 0 fully saturated rings. The van der Waals surface area contributed by atoms with Crippen LogP contribution in [0.15, 0.2) is 36.7 Å². The van der Waals surface area contributed by atoms with Gasteiger partial charge < -0.3 is 5.32 Å². The summed E-state index contributed by atoms with van der Waals surface area (Å²) in [4.78, 5) is 11.6. The number of nitrogens with zero attached hydrogens (tertiary/aromatic N) is 1. The molecule has 1 aromatic heterocycles. The van der Waals surface area contributed by atoms with Crippen molar-refractivity contribution in [3.05, 3.63) is 47.2 Å². The first kappa shape index (κ1) is 11.7. The molecule has 0 saturated heterocycles. The molecule has 1 amide bonds. The standard InChI is InChI=1S/C12H12ClN3O/c13-11-4-2-1-3-9(11)5-6-12(17)16-10-7-14-15-8-10/h1-4,7-8H,5-6H2,(H,14,15)(H,16,17). The van der Waals surface area contributed by atoms with Crippen molar-refractivity contribution in [1.29, 1.82) is 0 Å². The average Bonchev–Trinajstić information content (AvgIpc) is 2.81. The lowest BCUT2D eigenvalue weighted by atomic mass is 10.1. The smallest absolute Gasteiger partial charge is 0.224 e. The van der Waals surface area contributed by atoms with Gasteiger partial charge >= 0.3 is 0 Å². The van der Waals surface area contributed by atoms with E-state index < -0.39 is 0 Å². The normalized spacial score (nSPS) is 10.2. The van der Waals surface area contributed by atoms with Crippen LogP contribution in [0, 0.1) is 0 Å². The van der Waals surface area contributed by atoms with Crippen molar-refractivity contribution in [3.63, 3.8) is 0 Å². The highest BCUT2D eigenvalue weighted by Gasteiger charge is 2.05. The highest BCUT2D eigenvalue weighted by molar-refractivity contribution is 6.31. The number of H-pyrrole nitrogens is 1. The molecule has 17 heavy (non-hydrogen) atoms. The largest absolute Gasteiger partial charge is 0.323 e. The summed E-state index contributed by atoms with van der Waals surface area (Å²) in [5, 5.41) is 9.81. The van der Waals surface area contributed by atoms with Gasteiger partial charge in [-0.1, -0.05) is 29.8 Å². The van der Waals surface area contributed by atoms with Crippen molar-refractivity contribution in [2.75, 3.05) is 5.32 Å². The molecule has 2 rings (SSSR count). The second-order valence-corrected chi connectivity index (χ2v) is 4.03. The number of rotatable bonds is 4. The summed E-state index contributed by atoms with van der Waals surface area (Å²) >= 11 is 6.00. The molecule has 0 aliphatic heterocycles. The molecule has 2 aromatic rings. The maximum Gasteiger partial charge on any atom is 0.224 e. The van der Waals surface area contributed by atoms with Crippen LogP contribution in [0.25, 0.3) is 0 Å². The summed E-state index contributed by atoms with van der Waals surface area (Å²) in [6.45, 7) is 0. The molecule has 0 bridgehead atoms. The minimum atomic E-state index is -0.0497. The van der Waals surface area contributed by atoms with Gasteiger partial charge in [-0.05, 0) is 18.1 Å². The van der Waals surface area contributed by atoms with Crippen molar-refractivity contribution in [1.82, 2.24) is 10.2 Å². The van der Waals surface area contributed by atoms with E-state index in [1.807, 2.05) is 24.3 Å². The van der Waals surface area contributed by atoms with E-state index in [2.05, 4.69) is 15.5 Å². The van der Waals surface area contributed by atoms with Gasteiger partial charge in [-0.25, -0.2) is 0 Å². The van der Waals surface area contributed by atoms with Gasteiger partial charge in [0.15, 0.2) is 0 Å². The molecule has 0 saturated carbocycles. The Bertz CT molecular complexity index is 496. The third kappa shape index (κ3) is 3.32. The number of nitrogens with one attached hydrogen (secondary N) is 2. The number of amides is 1. The number of aromatic amines is 1. The Morgan fingerprint density at radius 2 is 2.24 bits per heavy atom. The second kappa shape index (κ2) is 5.50. The number of aryl methyl sites for hydroxylation is 1. The Hall–Kier alpha value is -1.81. The molecular weight excluding hydrogens is 238 g/mol. The molecule has 0 aliphatic carbocycles. The summed E-state index contributed by atoms with van der Waals surface area (Å²) < 4.78 is 0. The van der Waals surface area contributed by atoms with Gasteiger partial charge in [-0.3, -0.25) is 9.89 Å². The molecule has 0 unspecified atom stereocenters. The zero-order valence-corrected chi connectivity index (χ0v) is 9.87. The molecule has 1 aromatic carbocycles. The molecule has 0 aliphatic rings. The summed E-state index contributed by atoms with van der Waals surface area (Å²) in [5.41, 5.74) is 1.66. The zero-order valence-electron chi connectivity index (χ0n) is 9.11. The van der Waals surface area contributed by atoms with Crippen LogP contribution in [0.3, 0.4) is 0 Å². The first-order valence-corrected chi connectivity index (χ1v) is 5.65. The Morgan fingerprint density at radius 3 is 2.94 bits per heavy atom. The van der Waals surface area contributed by atoms with Gasteiger partial charge in [0.05, 0.1) is 11.9 Å². The van der Waals surface area contributed by atoms with Crippen molar-refractivity contribution >= 4 is 23.2 Å². The molecule has 0 atom stereocenters. The Morgan fingerprint density at radius 1 is 1.41 bits per heavy atom. The molecule has 0 radical (unpaired) electrons. The number of carbonyl (C=O) groups is 1. The van der Waals surface area contributed by atoms with Crippen molar-refractivity contribution in [2.24, 2.45) is 0 Å². The number of aromatic nitrogens is 2. The SMILES string of the molecule is O=C(CCc1ccccc1Cl)Nc1cn[nH]c1. The average molecular weight is 250 g/mol. The zero-order chi connectivity index (χ0) is 12.1. The fourth-order valence-electron chi connectivity index (χ4n) is 1.49. The van der Waals surface area contributed by atoms with Gasteiger partial charge in [0.25, 0.3) is 0 Å². The number of halogens is 1. The Labute approximate surface area is 104 Å². The Kier molecular flexibility index (Phi) is 3.77. The topological polar surface area (TPSA) is 57.8 Å². The molecule has 5 heteroatoms. The van der Waals surface area contributed by atoms with Crippen LogP contribution in [-0.2, 0) is 11.2 Å². The van der Waals surface area contributed by atoms with Crippen LogP contribution in [0.4, 0.5) is 5.69 Å². The van der Waals surface area contributed by atoms with E-state index in [1.54, 1.807) is 12.4 Å². The highest BCUT2D eigenvalue weighted by atomic mass is 35.5. The van der Waals surface area contributed by atoms with E-state index >= 15 is 0 Å². The fraction of sp³-hybridized carbons (Fsp3) is 0.167. The monoisotopic (exact) mass is 249 g/mol. The molecule has 2 N–H and O–H groups in total. The highest BCUT2D eigenvalue weighted by Crippen LogP contribution is 2.16. The molecule has 4 nitrogen and oxygen atoms in total. The second-order valence-electron chi connectivity index (χ2n) is 3.63. The maximum absolute atomic E-state index is 11.6.